The minimum atomic E-state index is -3.81. The van der Waals surface area contributed by atoms with Gasteiger partial charge in [0.1, 0.15) is 22.7 Å². The van der Waals surface area contributed by atoms with Crippen LogP contribution in [0.2, 0.25) is 0 Å². The molecule has 194 valence electrons. The molecule has 2 fully saturated rings. The number of fused-ring (bicyclic) bond motifs is 3. The lowest BCUT2D eigenvalue weighted by molar-refractivity contribution is -0.185. The fraction of sp³-hybridized carbons (Fsp3) is 0.519. The van der Waals surface area contributed by atoms with Crippen LogP contribution in [0.25, 0.3) is 0 Å². The molecule has 0 bridgehead atoms. The smallest absolute Gasteiger partial charge is 0.243 e. The van der Waals surface area contributed by atoms with Crippen molar-refractivity contribution in [1.82, 2.24) is 4.31 Å². The van der Waals surface area contributed by atoms with Gasteiger partial charge in [-0.25, -0.2) is 8.42 Å². The zero-order valence-electron chi connectivity index (χ0n) is 21.4. The fourth-order valence-corrected chi connectivity index (χ4v) is 7.79. The highest BCUT2D eigenvalue weighted by atomic mass is 32.2. The number of Topliss-reactive ketones (excluding diaryl/α,β-unsaturated/α-hetero) is 1. The molecule has 5 rings (SSSR count). The lowest BCUT2D eigenvalue weighted by Crippen LogP contribution is -2.62. The number of aryl methyl sites for hydroxylation is 1. The van der Waals surface area contributed by atoms with Crippen molar-refractivity contribution in [1.29, 1.82) is 0 Å². The molecule has 2 aromatic carbocycles. The molecule has 0 aromatic heterocycles. The van der Waals surface area contributed by atoms with Gasteiger partial charge in [-0.05, 0) is 50.5 Å². The number of ketones is 1. The Balaban J connectivity index is 1.59. The van der Waals surface area contributed by atoms with Gasteiger partial charge in [0.25, 0.3) is 0 Å². The zero-order valence-corrected chi connectivity index (χ0v) is 22.2. The van der Waals surface area contributed by atoms with Crippen LogP contribution < -0.4 is 9.47 Å². The number of hydrogen-bond acceptors (Lipinski definition) is 7. The van der Waals surface area contributed by atoms with E-state index in [0.717, 1.165) is 16.7 Å². The third-order valence-corrected chi connectivity index (χ3v) is 10.1. The van der Waals surface area contributed by atoms with E-state index >= 15 is 0 Å². The predicted octanol–water partition coefficient (Wildman–Crippen LogP) is 3.59. The predicted molar refractivity (Wildman–Crippen MR) is 133 cm³/mol. The monoisotopic (exact) mass is 515 g/mol. The van der Waals surface area contributed by atoms with Gasteiger partial charge < -0.3 is 18.9 Å². The highest BCUT2D eigenvalue weighted by molar-refractivity contribution is 7.89. The molecule has 0 aliphatic carbocycles. The maximum Gasteiger partial charge on any atom is 0.243 e. The Morgan fingerprint density at radius 2 is 1.83 bits per heavy atom. The molecule has 8 nitrogen and oxygen atoms in total. The Labute approximate surface area is 212 Å². The Morgan fingerprint density at radius 3 is 2.47 bits per heavy atom. The maximum absolute atomic E-state index is 13.6. The standard InChI is InChI=1S/C27H33NO7S/c1-18-6-8-22(9-7-18)36(30,31)28-11-10-25(3)15-26(35-27(25,16-28)19(2)29)17-34-14-20-12-21(32-4)13-23(33-5)24(20)26/h6-9,12-13H,10-11,14-17H2,1-5H3/t25-,26-,27+/m0/s1. The summed E-state index contributed by atoms with van der Waals surface area (Å²) >= 11 is 0. The number of sulfonamides is 1. The molecule has 3 aliphatic rings. The van der Waals surface area contributed by atoms with E-state index in [4.69, 9.17) is 18.9 Å². The molecule has 3 heterocycles. The Kier molecular flexibility index (Phi) is 5.98. The molecular formula is C27H33NO7S. The van der Waals surface area contributed by atoms with Crippen molar-refractivity contribution < 1.29 is 32.2 Å². The largest absolute Gasteiger partial charge is 0.497 e. The normalized spacial score (nSPS) is 30.0. The van der Waals surface area contributed by atoms with Gasteiger partial charge in [-0.2, -0.15) is 4.31 Å². The summed E-state index contributed by atoms with van der Waals surface area (Å²) in [5.41, 5.74) is -0.172. The zero-order chi connectivity index (χ0) is 25.9. The first kappa shape index (κ1) is 25.2. The molecule has 0 amide bonds. The summed E-state index contributed by atoms with van der Waals surface area (Å²) < 4.78 is 52.7. The van der Waals surface area contributed by atoms with E-state index in [0.29, 0.717) is 37.5 Å². The van der Waals surface area contributed by atoms with Crippen molar-refractivity contribution in [2.75, 3.05) is 33.9 Å². The number of rotatable bonds is 5. The van der Waals surface area contributed by atoms with Crippen LogP contribution >= 0.6 is 0 Å². The van der Waals surface area contributed by atoms with Gasteiger partial charge in [-0.3, -0.25) is 4.79 Å². The molecule has 0 unspecified atom stereocenters. The highest BCUT2D eigenvalue weighted by Gasteiger charge is 2.69. The molecule has 36 heavy (non-hydrogen) atoms. The molecule has 3 atom stereocenters. The number of methoxy groups -OCH3 is 2. The van der Waals surface area contributed by atoms with E-state index in [-0.39, 0.29) is 23.8 Å². The SMILES string of the molecule is COc1cc2c(c(OC)c1)[C@@]1(COC2)C[C@]2(C)CCN(S(=O)(=O)c3ccc(C)cc3)C[C@]2(C(C)=O)O1. The minimum Gasteiger partial charge on any atom is -0.497 e. The molecule has 0 N–H and O–H groups in total. The van der Waals surface area contributed by atoms with E-state index < -0.39 is 26.6 Å². The summed E-state index contributed by atoms with van der Waals surface area (Å²) in [4.78, 5) is 13.6. The van der Waals surface area contributed by atoms with Gasteiger partial charge in [0.15, 0.2) is 5.78 Å². The van der Waals surface area contributed by atoms with Crippen LogP contribution in [0.5, 0.6) is 11.5 Å². The second-order valence-electron chi connectivity index (χ2n) is 10.5. The van der Waals surface area contributed by atoms with Crippen LogP contribution in [-0.2, 0) is 36.5 Å². The van der Waals surface area contributed by atoms with Crippen LogP contribution in [0.1, 0.15) is 43.4 Å². The summed E-state index contributed by atoms with van der Waals surface area (Å²) in [6, 6.07) is 10.5. The van der Waals surface area contributed by atoms with Crippen LogP contribution in [0.3, 0.4) is 0 Å². The second kappa shape index (κ2) is 8.55. The van der Waals surface area contributed by atoms with Crippen molar-refractivity contribution in [3.05, 3.63) is 53.1 Å². The average Bonchev–Trinajstić information content (AvgIpc) is 3.12. The summed E-state index contributed by atoms with van der Waals surface area (Å²) in [5.74, 6) is 1.06. The Morgan fingerprint density at radius 1 is 1.11 bits per heavy atom. The van der Waals surface area contributed by atoms with Crippen molar-refractivity contribution in [3.63, 3.8) is 0 Å². The Bertz CT molecular complexity index is 1290. The van der Waals surface area contributed by atoms with Crippen molar-refractivity contribution in [3.8, 4) is 11.5 Å². The fourth-order valence-electron chi connectivity index (χ4n) is 6.32. The third kappa shape index (κ3) is 3.59. The van der Waals surface area contributed by atoms with E-state index in [1.165, 1.54) is 11.2 Å². The average molecular weight is 516 g/mol. The van der Waals surface area contributed by atoms with E-state index in [9.17, 15) is 13.2 Å². The van der Waals surface area contributed by atoms with Crippen molar-refractivity contribution in [2.24, 2.45) is 5.41 Å². The van der Waals surface area contributed by atoms with Crippen LogP contribution in [-0.4, -0.2) is 58.0 Å². The molecule has 2 saturated heterocycles. The second-order valence-corrected chi connectivity index (χ2v) is 12.4. The van der Waals surface area contributed by atoms with Crippen molar-refractivity contribution >= 4 is 15.8 Å². The molecule has 0 saturated carbocycles. The number of piperidine rings is 1. The number of nitrogens with zero attached hydrogens (tertiary/aromatic N) is 1. The minimum absolute atomic E-state index is 0.0510. The van der Waals surface area contributed by atoms with Gasteiger partial charge in [0.05, 0.1) is 38.9 Å². The van der Waals surface area contributed by atoms with E-state index in [1.807, 2.05) is 26.0 Å². The number of carbonyl (C=O) groups excluding carboxylic acids is 1. The molecule has 9 heteroatoms. The van der Waals surface area contributed by atoms with Gasteiger partial charge in [-0.1, -0.05) is 24.6 Å². The third-order valence-electron chi connectivity index (χ3n) is 8.22. The number of benzene rings is 2. The summed E-state index contributed by atoms with van der Waals surface area (Å²) in [5, 5.41) is 0. The number of hydrogen-bond donors (Lipinski definition) is 0. The number of ether oxygens (including phenoxy) is 4. The lowest BCUT2D eigenvalue weighted by Gasteiger charge is -2.47. The van der Waals surface area contributed by atoms with E-state index in [1.54, 1.807) is 38.5 Å². The Hall–Kier alpha value is -2.46. The maximum atomic E-state index is 13.6. The van der Waals surface area contributed by atoms with Gasteiger partial charge >= 0.3 is 0 Å². The first-order valence-electron chi connectivity index (χ1n) is 12.1. The lowest BCUT2D eigenvalue weighted by atomic mass is 9.64. The van der Waals surface area contributed by atoms with Crippen molar-refractivity contribution in [2.45, 2.75) is 56.3 Å². The van der Waals surface area contributed by atoms with Crippen LogP contribution in [0.15, 0.2) is 41.3 Å². The van der Waals surface area contributed by atoms with Gasteiger partial charge in [0.2, 0.25) is 10.0 Å². The van der Waals surface area contributed by atoms with Gasteiger partial charge in [0, 0.05) is 23.6 Å². The van der Waals surface area contributed by atoms with Crippen LogP contribution in [0, 0.1) is 12.3 Å². The first-order chi connectivity index (χ1) is 17.0. The van der Waals surface area contributed by atoms with Crippen LogP contribution in [0.4, 0.5) is 0 Å². The van der Waals surface area contributed by atoms with E-state index in [2.05, 4.69) is 0 Å². The topological polar surface area (TPSA) is 91.4 Å². The molecule has 3 aliphatic heterocycles. The molecular weight excluding hydrogens is 482 g/mol. The number of carbonyl (C=O) groups is 1. The highest BCUT2D eigenvalue weighted by Crippen LogP contribution is 2.62. The van der Waals surface area contributed by atoms with Gasteiger partial charge in [-0.15, -0.1) is 0 Å². The summed E-state index contributed by atoms with van der Waals surface area (Å²) in [6.45, 7) is 6.30. The first-order valence-corrected chi connectivity index (χ1v) is 13.6. The molecule has 0 radical (unpaired) electrons. The summed E-state index contributed by atoms with van der Waals surface area (Å²) in [7, 11) is -0.623. The summed E-state index contributed by atoms with van der Waals surface area (Å²) in [6.07, 6.45) is 0.987. The quantitative estimate of drug-likeness (QED) is 0.601. The molecule has 1 spiro atoms. The molecule has 2 aromatic rings.